The van der Waals surface area contributed by atoms with E-state index in [-0.39, 0.29) is 5.56 Å². The van der Waals surface area contributed by atoms with Gasteiger partial charge in [-0.05, 0) is 24.6 Å². The van der Waals surface area contributed by atoms with Crippen molar-refractivity contribution in [1.29, 1.82) is 0 Å². The molecule has 5 nitrogen and oxygen atoms in total. The molecule has 0 radical (unpaired) electrons. The average Bonchev–Trinajstić information content (AvgIpc) is 2.90. The Morgan fingerprint density at radius 1 is 1.43 bits per heavy atom. The van der Waals surface area contributed by atoms with Crippen LogP contribution in [0, 0.1) is 0 Å². The van der Waals surface area contributed by atoms with E-state index in [9.17, 15) is 13.2 Å². The van der Waals surface area contributed by atoms with Crippen molar-refractivity contribution < 1.29 is 17.9 Å². The summed E-state index contributed by atoms with van der Waals surface area (Å²) in [5.41, 5.74) is 7.55. The number of thiazole rings is 1. The second-order valence-electron chi connectivity index (χ2n) is 4.55. The van der Waals surface area contributed by atoms with E-state index >= 15 is 0 Å². The Labute approximate surface area is 135 Å². The van der Waals surface area contributed by atoms with Crippen molar-refractivity contribution in [1.82, 2.24) is 4.98 Å². The highest BCUT2D eigenvalue weighted by molar-refractivity contribution is 7.14. The smallest absolute Gasteiger partial charge is 0.416 e. The first-order valence-electron chi connectivity index (χ1n) is 6.74. The van der Waals surface area contributed by atoms with E-state index in [1.165, 1.54) is 23.6 Å². The predicted molar refractivity (Wildman–Crippen MR) is 85.0 cm³/mol. The van der Waals surface area contributed by atoms with Gasteiger partial charge in [0.2, 0.25) is 5.13 Å². The number of nitrogen functional groups attached to an aromatic ring is 1. The van der Waals surface area contributed by atoms with E-state index in [1.54, 1.807) is 5.38 Å². The fourth-order valence-corrected chi connectivity index (χ4v) is 2.21. The molecule has 0 saturated carbocycles. The second-order valence-corrected chi connectivity index (χ2v) is 5.40. The number of rotatable bonds is 6. The third-order valence-electron chi connectivity index (χ3n) is 2.68. The highest BCUT2D eigenvalue weighted by Gasteiger charge is 2.31. The van der Waals surface area contributed by atoms with Crippen molar-refractivity contribution >= 4 is 28.5 Å². The SMILES string of the molecule is CCCOc1ccc(C(F)(F)F)cc1C=NNc1nc(N)cs1. The lowest BCUT2D eigenvalue weighted by molar-refractivity contribution is -0.137. The number of hydrogen-bond acceptors (Lipinski definition) is 6. The molecule has 9 heteroatoms. The minimum absolute atomic E-state index is 0.227. The Morgan fingerprint density at radius 2 is 2.22 bits per heavy atom. The summed E-state index contributed by atoms with van der Waals surface area (Å²) in [7, 11) is 0. The van der Waals surface area contributed by atoms with Crippen LogP contribution < -0.4 is 15.9 Å². The molecule has 23 heavy (non-hydrogen) atoms. The highest BCUT2D eigenvalue weighted by atomic mass is 32.1. The molecule has 0 saturated heterocycles. The normalized spacial score (nSPS) is 11.8. The molecule has 0 atom stereocenters. The van der Waals surface area contributed by atoms with Crippen molar-refractivity contribution in [3.05, 3.63) is 34.7 Å². The van der Waals surface area contributed by atoms with Gasteiger partial charge in [0.15, 0.2) is 0 Å². The molecule has 1 aromatic carbocycles. The van der Waals surface area contributed by atoms with Crippen molar-refractivity contribution in [3.8, 4) is 5.75 Å². The van der Waals surface area contributed by atoms with Gasteiger partial charge in [-0.25, -0.2) is 4.98 Å². The maximum atomic E-state index is 12.8. The maximum absolute atomic E-state index is 12.8. The van der Waals surface area contributed by atoms with Crippen molar-refractivity contribution in [2.24, 2.45) is 5.10 Å². The molecule has 124 valence electrons. The molecule has 2 aromatic rings. The van der Waals surface area contributed by atoms with Crippen LogP contribution in [0.5, 0.6) is 5.75 Å². The molecule has 0 bridgehead atoms. The number of aromatic nitrogens is 1. The van der Waals surface area contributed by atoms with E-state index < -0.39 is 11.7 Å². The minimum Gasteiger partial charge on any atom is -0.493 e. The topological polar surface area (TPSA) is 72.5 Å². The van der Waals surface area contributed by atoms with Crippen molar-refractivity contribution in [2.75, 3.05) is 17.8 Å². The summed E-state index contributed by atoms with van der Waals surface area (Å²) < 4.78 is 43.9. The number of hydrogen-bond donors (Lipinski definition) is 2. The van der Waals surface area contributed by atoms with Crippen LogP contribution in [-0.2, 0) is 6.18 Å². The third-order valence-corrected chi connectivity index (χ3v) is 3.45. The molecule has 3 N–H and O–H groups in total. The highest BCUT2D eigenvalue weighted by Crippen LogP contribution is 2.32. The van der Waals surface area contributed by atoms with Gasteiger partial charge < -0.3 is 10.5 Å². The summed E-state index contributed by atoms with van der Waals surface area (Å²) in [5.74, 6) is 0.683. The first-order chi connectivity index (χ1) is 10.9. The number of benzene rings is 1. The van der Waals surface area contributed by atoms with E-state index in [4.69, 9.17) is 10.5 Å². The Morgan fingerprint density at radius 3 is 2.83 bits per heavy atom. The third kappa shape index (κ3) is 4.85. The van der Waals surface area contributed by atoms with Crippen LogP contribution in [-0.4, -0.2) is 17.8 Å². The first-order valence-corrected chi connectivity index (χ1v) is 7.62. The summed E-state index contributed by atoms with van der Waals surface area (Å²) in [6, 6.07) is 3.27. The summed E-state index contributed by atoms with van der Waals surface area (Å²) in [5, 5.41) is 5.96. The quantitative estimate of drug-likeness (QED) is 0.614. The zero-order valence-electron chi connectivity index (χ0n) is 12.2. The van der Waals surface area contributed by atoms with Gasteiger partial charge in [0, 0.05) is 10.9 Å². The van der Waals surface area contributed by atoms with Crippen LogP contribution in [0.15, 0.2) is 28.7 Å². The van der Waals surface area contributed by atoms with Gasteiger partial charge in [0.05, 0.1) is 18.4 Å². The number of alkyl halides is 3. The number of anilines is 2. The molecule has 1 aromatic heterocycles. The zero-order valence-corrected chi connectivity index (χ0v) is 13.0. The van der Waals surface area contributed by atoms with Gasteiger partial charge in [0.25, 0.3) is 0 Å². The molecule has 2 rings (SSSR count). The molecular formula is C14H15F3N4OS. The molecule has 0 amide bonds. The molecule has 0 aliphatic carbocycles. The maximum Gasteiger partial charge on any atom is 0.416 e. The predicted octanol–water partition coefficient (Wildman–Crippen LogP) is 3.98. The Balaban J connectivity index is 2.21. The number of nitrogens with zero attached hydrogens (tertiary/aromatic N) is 2. The molecule has 0 fully saturated rings. The zero-order chi connectivity index (χ0) is 16.9. The van der Waals surface area contributed by atoms with Crippen LogP contribution >= 0.6 is 11.3 Å². The largest absolute Gasteiger partial charge is 0.493 e. The molecule has 1 heterocycles. The lowest BCUT2D eigenvalue weighted by atomic mass is 10.1. The second kappa shape index (κ2) is 7.32. The Hall–Kier alpha value is -2.29. The van der Waals surface area contributed by atoms with Gasteiger partial charge in [-0.1, -0.05) is 6.92 Å². The average molecular weight is 344 g/mol. The molecule has 0 aliphatic rings. The van der Waals surface area contributed by atoms with Crippen molar-refractivity contribution in [2.45, 2.75) is 19.5 Å². The van der Waals surface area contributed by atoms with Gasteiger partial charge >= 0.3 is 6.18 Å². The van der Waals surface area contributed by atoms with Crippen LogP contribution in [0.4, 0.5) is 24.1 Å². The lowest BCUT2D eigenvalue weighted by Gasteiger charge is -2.12. The number of nitrogens with one attached hydrogen (secondary N) is 1. The van der Waals surface area contributed by atoms with Gasteiger partial charge in [-0.3, -0.25) is 5.43 Å². The number of ether oxygens (including phenoxy) is 1. The van der Waals surface area contributed by atoms with Gasteiger partial charge in [-0.15, -0.1) is 11.3 Å². The van der Waals surface area contributed by atoms with Crippen LogP contribution in [0.1, 0.15) is 24.5 Å². The molecular weight excluding hydrogens is 329 g/mol. The number of hydrazone groups is 1. The Kier molecular flexibility index (Phi) is 5.43. The van der Waals surface area contributed by atoms with E-state index in [2.05, 4.69) is 15.5 Å². The summed E-state index contributed by atoms with van der Waals surface area (Å²) in [4.78, 5) is 3.93. The Bertz CT molecular complexity index is 685. The van der Waals surface area contributed by atoms with E-state index in [0.717, 1.165) is 18.6 Å². The monoisotopic (exact) mass is 344 g/mol. The number of halogens is 3. The van der Waals surface area contributed by atoms with Crippen LogP contribution in [0.25, 0.3) is 0 Å². The van der Waals surface area contributed by atoms with Gasteiger partial charge in [0.1, 0.15) is 11.6 Å². The molecule has 0 spiro atoms. The summed E-state index contributed by atoms with van der Waals surface area (Å²) in [6.07, 6.45) is -2.42. The number of nitrogens with two attached hydrogens (primary N) is 1. The van der Waals surface area contributed by atoms with Crippen LogP contribution in [0.2, 0.25) is 0 Å². The minimum atomic E-state index is -4.43. The molecule has 0 aliphatic heterocycles. The summed E-state index contributed by atoms with van der Waals surface area (Å²) in [6.45, 7) is 2.31. The molecule has 0 unspecified atom stereocenters. The van der Waals surface area contributed by atoms with E-state index in [0.29, 0.717) is 23.3 Å². The standard InChI is InChI=1S/C14H15F3N4OS/c1-2-5-22-11-4-3-10(14(15,16)17)6-9(11)7-19-21-13-20-12(18)8-23-13/h3-4,6-8H,2,5,18H2,1H3,(H,20,21). The van der Waals surface area contributed by atoms with Gasteiger partial charge in [-0.2, -0.15) is 18.3 Å². The van der Waals surface area contributed by atoms with Crippen LogP contribution in [0.3, 0.4) is 0 Å². The fourth-order valence-electron chi connectivity index (χ4n) is 1.66. The first kappa shape index (κ1) is 17.1. The summed E-state index contributed by atoms with van der Waals surface area (Å²) >= 11 is 1.24. The fraction of sp³-hybridized carbons (Fsp3) is 0.286. The van der Waals surface area contributed by atoms with Crippen molar-refractivity contribution in [3.63, 3.8) is 0 Å². The van der Waals surface area contributed by atoms with E-state index in [1.807, 2.05) is 6.92 Å². The lowest BCUT2D eigenvalue weighted by Crippen LogP contribution is -2.07.